The predicted molar refractivity (Wildman–Crippen MR) is 109 cm³/mol. The van der Waals surface area contributed by atoms with Gasteiger partial charge in [0.1, 0.15) is 0 Å². The Kier molecular flexibility index (Phi) is 6.13. The summed E-state index contributed by atoms with van der Waals surface area (Å²) in [6.07, 6.45) is 0.852. The molecule has 0 aliphatic rings. The van der Waals surface area contributed by atoms with E-state index in [4.69, 9.17) is 0 Å². The van der Waals surface area contributed by atoms with Crippen molar-refractivity contribution in [3.8, 4) is 0 Å². The Morgan fingerprint density at radius 1 is 1.15 bits per heavy atom. The lowest BCUT2D eigenvalue weighted by molar-refractivity contribution is 0.0954. The maximum Gasteiger partial charge on any atom is 0.316 e. The minimum absolute atomic E-state index is 0.197. The first-order valence-corrected chi connectivity index (χ1v) is 9.81. The van der Waals surface area contributed by atoms with Crippen LogP contribution in [0.3, 0.4) is 0 Å². The molecule has 0 aliphatic heterocycles. The molecule has 1 amide bonds. The standard InChI is InChI=1S/C20H21N3O3S/c1-2-23-17-10-9-14(13-16(17)22-19(25)20(23)26)18(24)21-11-6-12-27-15-7-4-3-5-8-15/h3-5,7-10,13H,2,6,11-12H2,1H3,(H,21,24)(H,22,25). The van der Waals surface area contributed by atoms with Gasteiger partial charge in [-0.05, 0) is 49.4 Å². The molecule has 1 aromatic heterocycles. The molecule has 0 aliphatic carbocycles. The zero-order chi connectivity index (χ0) is 19.2. The highest BCUT2D eigenvalue weighted by atomic mass is 32.2. The maximum absolute atomic E-state index is 12.3. The third-order valence-corrected chi connectivity index (χ3v) is 5.27. The Bertz CT molecular complexity index is 1060. The molecule has 140 valence electrons. The summed E-state index contributed by atoms with van der Waals surface area (Å²) in [5, 5.41) is 2.89. The van der Waals surface area contributed by atoms with Gasteiger partial charge in [-0.1, -0.05) is 18.2 Å². The number of nitrogens with zero attached hydrogens (tertiary/aromatic N) is 1. The van der Waals surface area contributed by atoms with Crippen LogP contribution in [0, 0.1) is 0 Å². The van der Waals surface area contributed by atoms with Crippen molar-refractivity contribution in [3.63, 3.8) is 0 Å². The van der Waals surface area contributed by atoms with Crippen molar-refractivity contribution in [1.29, 1.82) is 0 Å². The van der Waals surface area contributed by atoms with Crippen LogP contribution in [0.1, 0.15) is 23.7 Å². The molecule has 2 N–H and O–H groups in total. The summed E-state index contributed by atoms with van der Waals surface area (Å²) in [6, 6.07) is 15.1. The van der Waals surface area contributed by atoms with Crippen LogP contribution in [-0.2, 0) is 6.54 Å². The van der Waals surface area contributed by atoms with E-state index in [0.717, 1.165) is 12.2 Å². The average Bonchev–Trinajstić information content (AvgIpc) is 2.69. The summed E-state index contributed by atoms with van der Waals surface area (Å²) >= 11 is 1.75. The summed E-state index contributed by atoms with van der Waals surface area (Å²) in [5.41, 5.74) is 0.278. The Balaban J connectivity index is 1.61. The number of fused-ring (bicyclic) bond motifs is 1. The largest absolute Gasteiger partial charge is 0.352 e. The van der Waals surface area contributed by atoms with Crippen LogP contribution in [0.25, 0.3) is 11.0 Å². The van der Waals surface area contributed by atoms with Crippen molar-refractivity contribution in [1.82, 2.24) is 14.9 Å². The van der Waals surface area contributed by atoms with Crippen LogP contribution >= 0.6 is 11.8 Å². The van der Waals surface area contributed by atoms with Gasteiger partial charge in [-0.15, -0.1) is 11.8 Å². The molecule has 0 atom stereocenters. The molecule has 0 saturated heterocycles. The molecule has 0 unspecified atom stereocenters. The van der Waals surface area contributed by atoms with E-state index in [0.29, 0.717) is 29.7 Å². The van der Waals surface area contributed by atoms with E-state index in [1.807, 2.05) is 18.2 Å². The molecule has 0 saturated carbocycles. The van der Waals surface area contributed by atoms with Crippen LogP contribution in [0.2, 0.25) is 0 Å². The van der Waals surface area contributed by atoms with Crippen LogP contribution in [-0.4, -0.2) is 27.8 Å². The zero-order valence-electron chi connectivity index (χ0n) is 15.0. The molecule has 0 spiro atoms. The van der Waals surface area contributed by atoms with Crippen molar-refractivity contribution in [3.05, 3.63) is 74.8 Å². The minimum atomic E-state index is -0.681. The molecule has 0 bridgehead atoms. The highest BCUT2D eigenvalue weighted by Gasteiger charge is 2.10. The van der Waals surface area contributed by atoms with Gasteiger partial charge in [0.25, 0.3) is 5.91 Å². The lowest BCUT2D eigenvalue weighted by Gasteiger charge is -2.09. The normalized spacial score (nSPS) is 10.9. The van der Waals surface area contributed by atoms with Gasteiger partial charge in [0.15, 0.2) is 0 Å². The van der Waals surface area contributed by atoms with E-state index >= 15 is 0 Å². The number of amides is 1. The number of carbonyl (C=O) groups excluding carboxylic acids is 1. The first-order valence-electron chi connectivity index (χ1n) is 8.83. The highest BCUT2D eigenvalue weighted by molar-refractivity contribution is 7.99. The van der Waals surface area contributed by atoms with Crippen LogP contribution in [0.15, 0.2) is 63.0 Å². The molecule has 2 aromatic carbocycles. The van der Waals surface area contributed by atoms with E-state index in [2.05, 4.69) is 22.4 Å². The Morgan fingerprint density at radius 2 is 1.93 bits per heavy atom. The van der Waals surface area contributed by atoms with E-state index in [1.165, 1.54) is 9.46 Å². The number of hydrogen-bond donors (Lipinski definition) is 2. The summed E-state index contributed by atoms with van der Waals surface area (Å²) in [5.74, 6) is 0.717. The first-order chi connectivity index (χ1) is 13.1. The Hall–Kier alpha value is -2.80. The number of aryl methyl sites for hydroxylation is 1. The lowest BCUT2D eigenvalue weighted by atomic mass is 10.1. The van der Waals surface area contributed by atoms with Crippen LogP contribution in [0.5, 0.6) is 0 Å². The molecule has 7 heteroatoms. The predicted octanol–water partition coefficient (Wildman–Crippen LogP) is 2.62. The summed E-state index contributed by atoms with van der Waals surface area (Å²) < 4.78 is 1.40. The molecule has 0 fully saturated rings. The topological polar surface area (TPSA) is 84.0 Å². The number of thioether (sulfide) groups is 1. The number of aromatic nitrogens is 2. The van der Waals surface area contributed by atoms with Crippen molar-refractivity contribution >= 4 is 28.7 Å². The molecule has 1 heterocycles. The zero-order valence-corrected chi connectivity index (χ0v) is 15.8. The van der Waals surface area contributed by atoms with Gasteiger partial charge in [-0.3, -0.25) is 14.4 Å². The van der Waals surface area contributed by atoms with E-state index in [9.17, 15) is 14.4 Å². The molecule has 27 heavy (non-hydrogen) atoms. The van der Waals surface area contributed by atoms with Crippen molar-refractivity contribution in [2.45, 2.75) is 24.8 Å². The fraction of sp³-hybridized carbons (Fsp3) is 0.250. The average molecular weight is 383 g/mol. The van der Waals surface area contributed by atoms with E-state index in [-0.39, 0.29) is 5.91 Å². The maximum atomic E-state index is 12.3. The molecule has 0 radical (unpaired) electrons. The summed E-state index contributed by atoms with van der Waals surface area (Å²) in [7, 11) is 0. The SMILES string of the molecule is CCn1c(=O)c(=O)[nH]c2cc(C(=O)NCCCSc3ccccc3)ccc21. The fourth-order valence-corrected chi connectivity index (χ4v) is 3.69. The third kappa shape index (κ3) is 4.49. The van der Waals surface area contributed by atoms with Crippen molar-refractivity contribution < 1.29 is 4.79 Å². The third-order valence-electron chi connectivity index (χ3n) is 4.17. The second kappa shape index (κ2) is 8.73. The van der Waals surface area contributed by atoms with Crippen molar-refractivity contribution in [2.24, 2.45) is 0 Å². The van der Waals surface area contributed by atoms with Gasteiger partial charge < -0.3 is 14.9 Å². The van der Waals surface area contributed by atoms with E-state index in [1.54, 1.807) is 36.9 Å². The second-order valence-electron chi connectivity index (χ2n) is 6.01. The highest BCUT2D eigenvalue weighted by Crippen LogP contribution is 2.17. The van der Waals surface area contributed by atoms with Gasteiger partial charge in [0.05, 0.1) is 11.0 Å². The molecule has 3 aromatic rings. The fourth-order valence-electron chi connectivity index (χ4n) is 2.82. The Labute approximate surface area is 160 Å². The first kappa shape index (κ1) is 19.0. The van der Waals surface area contributed by atoms with Crippen molar-refractivity contribution in [2.75, 3.05) is 12.3 Å². The summed E-state index contributed by atoms with van der Waals surface area (Å²) in [4.78, 5) is 39.8. The number of nitrogens with one attached hydrogen (secondary N) is 2. The summed E-state index contributed by atoms with van der Waals surface area (Å²) in [6.45, 7) is 2.76. The van der Waals surface area contributed by atoms with Gasteiger partial charge in [0, 0.05) is 23.5 Å². The van der Waals surface area contributed by atoms with Crippen LogP contribution < -0.4 is 16.4 Å². The van der Waals surface area contributed by atoms with Gasteiger partial charge in [-0.25, -0.2) is 0 Å². The van der Waals surface area contributed by atoms with Gasteiger partial charge in [0.2, 0.25) is 0 Å². The van der Waals surface area contributed by atoms with Crippen LogP contribution in [0.4, 0.5) is 0 Å². The number of benzene rings is 2. The van der Waals surface area contributed by atoms with E-state index < -0.39 is 11.1 Å². The van der Waals surface area contributed by atoms with Gasteiger partial charge in [-0.2, -0.15) is 0 Å². The smallest absolute Gasteiger partial charge is 0.316 e. The Morgan fingerprint density at radius 3 is 2.67 bits per heavy atom. The lowest BCUT2D eigenvalue weighted by Crippen LogP contribution is -2.36. The molecule has 3 rings (SSSR count). The number of H-pyrrole nitrogens is 1. The monoisotopic (exact) mass is 383 g/mol. The second-order valence-corrected chi connectivity index (χ2v) is 7.17. The molecular weight excluding hydrogens is 362 g/mol. The minimum Gasteiger partial charge on any atom is -0.352 e. The quantitative estimate of drug-likeness (QED) is 0.373. The number of rotatable bonds is 7. The number of carbonyl (C=O) groups is 1. The number of aromatic amines is 1. The van der Waals surface area contributed by atoms with Gasteiger partial charge >= 0.3 is 11.1 Å². The number of hydrogen-bond acceptors (Lipinski definition) is 4. The molecular formula is C20H21N3O3S. The molecule has 6 nitrogen and oxygen atoms in total.